The van der Waals surface area contributed by atoms with Crippen LogP contribution < -0.4 is 4.72 Å². The molecular weight excluding hydrogens is 348 g/mol. The first-order valence-corrected chi connectivity index (χ1v) is 9.61. The highest BCUT2D eigenvalue weighted by Gasteiger charge is 2.23. The number of nitrogens with one attached hydrogen (secondary N) is 1. The summed E-state index contributed by atoms with van der Waals surface area (Å²) in [6.45, 7) is 5.58. The Morgan fingerprint density at radius 2 is 2.20 bits per heavy atom. The predicted molar refractivity (Wildman–Crippen MR) is 92.9 cm³/mol. The number of aryl methyl sites for hydroxylation is 2. The number of sulfonamides is 1. The molecule has 0 amide bonds. The monoisotopic (exact) mass is 376 g/mol. The quantitative estimate of drug-likeness (QED) is 0.647. The van der Waals surface area contributed by atoms with Crippen molar-refractivity contribution < 1.29 is 23.1 Å². The van der Waals surface area contributed by atoms with Gasteiger partial charge in [-0.2, -0.15) is 0 Å². The van der Waals surface area contributed by atoms with E-state index >= 15 is 0 Å². The molecule has 2 rings (SSSR count). The number of imidazole rings is 1. The van der Waals surface area contributed by atoms with E-state index in [-0.39, 0.29) is 11.5 Å². The SMILES string of the molecule is COCCN1CCCC(CNS(=O)(=O)c2cn(C)c(C)n2)C1.O=CO. The van der Waals surface area contributed by atoms with E-state index in [0.717, 1.165) is 32.5 Å². The lowest BCUT2D eigenvalue weighted by Crippen LogP contribution is -2.42. The van der Waals surface area contributed by atoms with Gasteiger partial charge in [0.15, 0.2) is 5.03 Å². The van der Waals surface area contributed by atoms with E-state index in [0.29, 0.717) is 24.9 Å². The lowest BCUT2D eigenvalue weighted by molar-refractivity contribution is -0.122. The van der Waals surface area contributed by atoms with Crippen molar-refractivity contribution in [3.05, 3.63) is 12.0 Å². The fourth-order valence-electron chi connectivity index (χ4n) is 2.70. The van der Waals surface area contributed by atoms with Crippen LogP contribution in [0.2, 0.25) is 0 Å². The van der Waals surface area contributed by atoms with Crippen molar-refractivity contribution in [3.63, 3.8) is 0 Å². The van der Waals surface area contributed by atoms with Crippen LogP contribution in [0.15, 0.2) is 11.2 Å². The van der Waals surface area contributed by atoms with Crippen LogP contribution in [0.5, 0.6) is 0 Å². The van der Waals surface area contributed by atoms with Crippen molar-refractivity contribution >= 4 is 16.5 Å². The summed E-state index contributed by atoms with van der Waals surface area (Å²) in [6, 6.07) is 0. The average molecular weight is 376 g/mol. The van der Waals surface area contributed by atoms with E-state index in [4.69, 9.17) is 14.6 Å². The van der Waals surface area contributed by atoms with Crippen molar-refractivity contribution in [2.45, 2.75) is 24.8 Å². The average Bonchev–Trinajstić information content (AvgIpc) is 2.92. The van der Waals surface area contributed by atoms with Crippen LogP contribution >= 0.6 is 0 Å². The van der Waals surface area contributed by atoms with Crippen LogP contribution in [0.25, 0.3) is 0 Å². The molecule has 1 atom stereocenters. The number of carboxylic acid groups (broad SMARTS) is 1. The molecule has 1 fully saturated rings. The van der Waals surface area contributed by atoms with Gasteiger partial charge in [-0.25, -0.2) is 18.1 Å². The van der Waals surface area contributed by atoms with E-state index in [2.05, 4.69) is 14.6 Å². The number of nitrogens with zero attached hydrogens (tertiary/aromatic N) is 3. The molecule has 1 unspecified atom stereocenters. The number of aromatic nitrogens is 2. The van der Waals surface area contributed by atoms with Crippen LogP contribution in [0, 0.1) is 12.8 Å². The van der Waals surface area contributed by atoms with Gasteiger partial charge in [-0.3, -0.25) is 4.79 Å². The number of carbonyl (C=O) groups is 1. The molecule has 25 heavy (non-hydrogen) atoms. The zero-order valence-corrected chi connectivity index (χ0v) is 15.8. The van der Waals surface area contributed by atoms with Gasteiger partial charge in [0.1, 0.15) is 5.82 Å². The third kappa shape index (κ3) is 7.10. The van der Waals surface area contributed by atoms with Gasteiger partial charge in [-0.05, 0) is 32.2 Å². The van der Waals surface area contributed by atoms with Gasteiger partial charge in [0.05, 0.1) is 6.61 Å². The molecule has 144 valence electrons. The minimum Gasteiger partial charge on any atom is -0.483 e. The zero-order chi connectivity index (χ0) is 18.9. The number of hydrogen-bond acceptors (Lipinski definition) is 6. The Hall–Kier alpha value is -1.49. The minimum absolute atomic E-state index is 0.0968. The van der Waals surface area contributed by atoms with Gasteiger partial charge in [-0.1, -0.05) is 0 Å². The summed E-state index contributed by atoms with van der Waals surface area (Å²) in [5, 5.41) is 6.99. The number of hydrogen-bond donors (Lipinski definition) is 2. The number of methoxy groups -OCH3 is 1. The molecule has 0 aliphatic carbocycles. The number of rotatable bonds is 7. The summed E-state index contributed by atoms with van der Waals surface area (Å²) < 4.78 is 34.1. The summed E-state index contributed by atoms with van der Waals surface area (Å²) in [5.41, 5.74) is 0. The maximum Gasteiger partial charge on any atom is 0.290 e. The summed E-state index contributed by atoms with van der Waals surface area (Å²) in [6.07, 6.45) is 3.69. The standard InChI is InChI=1S/C14H26N4O3S.CH2O2/c1-12-16-14(11-17(12)2)22(19,20)15-9-13-5-4-6-18(10-13)7-8-21-3;2-1-3/h11,13,15H,4-10H2,1-3H3;1H,(H,2,3). The molecule has 1 aromatic heterocycles. The minimum atomic E-state index is -3.52. The molecule has 1 aromatic rings. The molecule has 1 saturated heterocycles. The smallest absolute Gasteiger partial charge is 0.290 e. The lowest BCUT2D eigenvalue weighted by Gasteiger charge is -2.32. The first kappa shape index (κ1) is 21.6. The second-order valence-corrected chi connectivity index (χ2v) is 7.71. The van der Waals surface area contributed by atoms with Gasteiger partial charge >= 0.3 is 0 Å². The third-order valence-corrected chi connectivity index (χ3v) is 5.43. The Morgan fingerprint density at radius 3 is 2.76 bits per heavy atom. The molecule has 0 bridgehead atoms. The largest absolute Gasteiger partial charge is 0.483 e. The van der Waals surface area contributed by atoms with E-state index in [1.165, 1.54) is 0 Å². The second kappa shape index (κ2) is 10.5. The molecule has 0 aromatic carbocycles. The summed E-state index contributed by atoms with van der Waals surface area (Å²) >= 11 is 0. The Bertz CT molecular complexity index is 612. The Kier molecular flexibility index (Phi) is 9.04. The predicted octanol–water partition coefficient (Wildman–Crippen LogP) is 0.0660. The summed E-state index contributed by atoms with van der Waals surface area (Å²) in [7, 11) is -0.0342. The maximum atomic E-state index is 12.3. The van der Waals surface area contributed by atoms with Crippen LogP contribution in [-0.4, -0.2) is 74.3 Å². The second-order valence-electron chi connectivity index (χ2n) is 6.00. The number of ether oxygens (including phenoxy) is 1. The molecule has 2 N–H and O–H groups in total. The van der Waals surface area contributed by atoms with Crippen molar-refractivity contribution in [2.75, 3.05) is 39.9 Å². The first-order valence-electron chi connectivity index (χ1n) is 8.12. The molecule has 0 spiro atoms. The molecule has 1 aliphatic rings. The maximum absolute atomic E-state index is 12.3. The summed E-state index contributed by atoms with van der Waals surface area (Å²) in [5.74, 6) is 1.02. The highest BCUT2D eigenvalue weighted by atomic mass is 32.2. The van der Waals surface area contributed by atoms with Crippen molar-refractivity contribution in [1.82, 2.24) is 19.2 Å². The highest BCUT2D eigenvalue weighted by molar-refractivity contribution is 7.89. The fraction of sp³-hybridized carbons (Fsp3) is 0.733. The van der Waals surface area contributed by atoms with Gasteiger partial charge in [0, 0.05) is 40.0 Å². The molecule has 0 saturated carbocycles. The molecule has 9 nitrogen and oxygen atoms in total. The lowest BCUT2D eigenvalue weighted by atomic mass is 9.98. The van der Waals surface area contributed by atoms with Crippen molar-refractivity contribution in [3.8, 4) is 0 Å². The Labute approximate surface area is 149 Å². The van der Waals surface area contributed by atoms with Crippen LogP contribution in [0.4, 0.5) is 0 Å². The molecule has 2 heterocycles. The van der Waals surface area contributed by atoms with E-state index < -0.39 is 10.0 Å². The first-order chi connectivity index (χ1) is 11.8. The van der Waals surface area contributed by atoms with Gasteiger partial charge < -0.3 is 19.3 Å². The van der Waals surface area contributed by atoms with Crippen molar-refractivity contribution in [2.24, 2.45) is 13.0 Å². The van der Waals surface area contributed by atoms with E-state index in [1.807, 2.05) is 0 Å². The molecule has 1 aliphatic heterocycles. The van der Waals surface area contributed by atoms with Crippen LogP contribution in [-0.2, 0) is 26.6 Å². The number of piperidine rings is 1. The van der Waals surface area contributed by atoms with Crippen molar-refractivity contribution in [1.29, 1.82) is 0 Å². The van der Waals surface area contributed by atoms with Gasteiger partial charge in [-0.15, -0.1) is 0 Å². The summed E-state index contributed by atoms with van der Waals surface area (Å²) in [4.78, 5) is 14.8. The van der Waals surface area contributed by atoms with E-state index in [1.54, 1.807) is 31.8 Å². The van der Waals surface area contributed by atoms with Crippen LogP contribution in [0.1, 0.15) is 18.7 Å². The van der Waals surface area contributed by atoms with Crippen LogP contribution in [0.3, 0.4) is 0 Å². The topological polar surface area (TPSA) is 114 Å². The van der Waals surface area contributed by atoms with Gasteiger partial charge in [0.25, 0.3) is 16.5 Å². The van der Waals surface area contributed by atoms with Gasteiger partial charge in [0.2, 0.25) is 0 Å². The Balaban J connectivity index is 0.000000970. The van der Waals surface area contributed by atoms with E-state index in [9.17, 15) is 8.42 Å². The molecule has 0 radical (unpaired) electrons. The fourth-order valence-corrected chi connectivity index (χ4v) is 3.85. The molecule has 10 heteroatoms. The Morgan fingerprint density at radius 1 is 1.52 bits per heavy atom. The normalized spacial score (nSPS) is 18.4. The number of likely N-dealkylation sites (tertiary alicyclic amines) is 1. The third-order valence-electron chi connectivity index (χ3n) is 4.14. The molecular formula is C15H28N4O5S. The zero-order valence-electron chi connectivity index (χ0n) is 15.0. The highest BCUT2D eigenvalue weighted by Crippen LogP contribution is 2.16.